The lowest BCUT2D eigenvalue weighted by atomic mass is 10.1. The number of imidazole rings is 2. The topological polar surface area (TPSA) is 410 Å². The molecular weight excluding hydrogens is 1150 g/mol. The van der Waals surface area contributed by atoms with Crippen LogP contribution in [0.1, 0.15) is 58.4 Å². The Morgan fingerprint density at radius 2 is 1.33 bits per heavy atom. The number of aliphatic hydroxyl groups excluding tert-OH is 2. The van der Waals surface area contributed by atoms with E-state index in [1.54, 1.807) is 37.0 Å². The van der Waals surface area contributed by atoms with Gasteiger partial charge in [0.1, 0.15) is 60.1 Å². The van der Waals surface area contributed by atoms with Crippen molar-refractivity contribution in [2.75, 3.05) is 96.4 Å². The molecule has 0 spiro atoms. The minimum Gasteiger partial charge on any atom is -0.761 e. The highest BCUT2D eigenvalue weighted by atomic mass is 31.2. The first-order chi connectivity index (χ1) is 40.5. The van der Waals surface area contributed by atoms with Crippen LogP contribution in [0.3, 0.4) is 0 Å². The van der Waals surface area contributed by atoms with Crippen LogP contribution in [0.5, 0.6) is 0 Å². The minimum absolute atomic E-state index is 0.0320. The third kappa shape index (κ3) is 13.9. The van der Waals surface area contributed by atoms with E-state index in [4.69, 9.17) is 39.5 Å². The summed E-state index contributed by atoms with van der Waals surface area (Å²) in [5.41, 5.74) is 14.4. The number of anilines is 4. The quantitative estimate of drug-likeness (QED) is 0.0384. The number of fused-ring (bicyclic) bond motifs is 2. The normalized spacial score (nSPS) is 22.1. The molecule has 0 radical (unpaired) electrons. The van der Waals surface area contributed by atoms with Gasteiger partial charge >= 0.3 is 11.9 Å². The van der Waals surface area contributed by atoms with Gasteiger partial charge in [-0.25, -0.2) is 24.7 Å². The predicted molar refractivity (Wildman–Crippen MR) is 302 cm³/mol. The zero-order chi connectivity index (χ0) is 60.9. The number of nitrogens with zero attached hydrogens (tertiary/aromatic N) is 11. The van der Waals surface area contributed by atoms with E-state index in [-0.39, 0.29) is 78.1 Å². The van der Waals surface area contributed by atoms with Crippen molar-refractivity contribution < 1.29 is 66.7 Å². The van der Waals surface area contributed by atoms with Gasteiger partial charge in [-0.15, -0.1) is 0 Å². The summed E-state index contributed by atoms with van der Waals surface area (Å²) in [7, 11) is -1.69. The van der Waals surface area contributed by atoms with Gasteiger partial charge in [0.25, 0.3) is 5.56 Å². The summed E-state index contributed by atoms with van der Waals surface area (Å²) in [5, 5.41) is 27.8. The zero-order valence-corrected chi connectivity index (χ0v) is 48.6. The second-order valence-corrected chi connectivity index (χ2v) is 23.1. The van der Waals surface area contributed by atoms with E-state index in [0.717, 1.165) is 33.1 Å². The number of likely N-dealkylation sites (N-methyl/N-ethyl adjacent to an activating group) is 2. The van der Waals surface area contributed by atoms with Gasteiger partial charge in [0.2, 0.25) is 21.4 Å². The molecule has 9 N–H and O–H groups in total. The molecule has 1 aromatic carbocycles. The highest BCUT2D eigenvalue weighted by Gasteiger charge is 2.39. The van der Waals surface area contributed by atoms with Crippen LogP contribution in [-0.4, -0.2) is 184 Å². The van der Waals surface area contributed by atoms with Gasteiger partial charge in [0, 0.05) is 95.1 Å². The minimum atomic E-state index is -4.53. The lowest BCUT2D eigenvalue weighted by Crippen LogP contribution is -2.54. The fourth-order valence-electron chi connectivity index (χ4n) is 9.65. The van der Waals surface area contributed by atoms with Gasteiger partial charge in [0.05, 0.1) is 52.9 Å². The molecule has 452 valence electrons. The van der Waals surface area contributed by atoms with Crippen molar-refractivity contribution in [2.45, 2.75) is 69.6 Å². The first-order valence-corrected chi connectivity index (χ1v) is 29.4. The van der Waals surface area contributed by atoms with E-state index >= 15 is 0 Å². The molecule has 33 heteroatoms. The number of carbonyl (C=O) groups is 2. The van der Waals surface area contributed by atoms with Crippen molar-refractivity contribution >= 4 is 72.6 Å². The van der Waals surface area contributed by atoms with Crippen molar-refractivity contribution in [2.24, 2.45) is 0 Å². The SMILES string of the molecule is CNc1cc(NC)cc(C(=O)OCC#Cc2cn([C@H]3CC(O)[C@@H](COP(=O)([O-])n4ccnc4C)O3)c3nc(N)[nH]c(=O)c23)c1.Cc1nccn1P(=O)([O-])OC[C@H]1O[C@@H](n2cc(C#CCOC(=O)C3CN(C)CCN3C)c3c(N)ncnc32)CC1O. The molecule has 31 nitrogen and oxygen atoms in total. The van der Waals surface area contributed by atoms with E-state index in [9.17, 15) is 43.5 Å². The van der Waals surface area contributed by atoms with Crippen molar-refractivity contribution in [3.8, 4) is 23.7 Å². The summed E-state index contributed by atoms with van der Waals surface area (Å²) in [6, 6.07) is 4.76. The van der Waals surface area contributed by atoms with Crippen LogP contribution >= 0.6 is 15.5 Å². The number of aromatic nitrogens is 10. The molecule has 9 atom stereocenters. The summed E-state index contributed by atoms with van der Waals surface area (Å²) >= 11 is 0. The van der Waals surface area contributed by atoms with Gasteiger partial charge in [-0.1, -0.05) is 23.7 Å². The molecule has 0 saturated carbocycles. The third-order valence-electron chi connectivity index (χ3n) is 14.2. The van der Waals surface area contributed by atoms with Crippen LogP contribution in [0.2, 0.25) is 0 Å². The molecule has 3 aliphatic rings. The van der Waals surface area contributed by atoms with Crippen LogP contribution in [-0.2, 0) is 41.9 Å². The Kier molecular flexibility index (Phi) is 18.9. The van der Waals surface area contributed by atoms with Gasteiger partial charge in [-0.05, 0) is 46.1 Å². The molecule has 3 saturated heterocycles. The second kappa shape index (κ2) is 26.1. The monoisotopic (exact) mass is 1210 g/mol. The fourth-order valence-corrected chi connectivity index (χ4v) is 11.8. The molecule has 7 aromatic rings. The van der Waals surface area contributed by atoms with E-state index in [1.165, 1.54) is 55.7 Å². The van der Waals surface area contributed by atoms with Crippen molar-refractivity contribution in [1.29, 1.82) is 0 Å². The number of hydrogen-bond acceptors (Lipinski definition) is 26. The van der Waals surface area contributed by atoms with Gasteiger partial charge < -0.3 is 84.1 Å². The Morgan fingerprint density at radius 1 is 0.788 bits per heavy atom. The smallest absolute Gasteiger partial charge is 0.339 e. The van der Waals surface area contributed by atoms with Crippen LogP contribution < -0.4 is 37.4 Å². The zero-order valence-electron chi connectivity index (χ0n) is 46.8. The number of nitrogen functional groups attached to an aromatic ring is 2. The molecular formula is C52H62N16O15P2-2. The van der Waals surface area contributed by atoms with E-state index in [1.807, 2.05) is 25.1 Å². The second-order valence-electron chi connectivity index (χ2n) is 19.9. The van der Waals surface area contributed by atoms with Gasteiger partial charge in [-0.2, -0.15) is 4.98 Å². The number of aromatic amines is 1. The average molecular weight is 1210 g/mol. The van der Waals surface area contributed by atoms with Crippen LogP contribution in [0.4, 0.5) is 23.1 Å². The molecule has 10 rings (SSSR count). The van der Waals surface area contributed by atoms with E-state index < -0.39 is 77.1 Å². The maximum atomic E-state index is 12.8. The molecule has 5 unspecified atom stereocenters. The molecule has 3 fully saturated rings. The molecule has 0 amide bonds. The maximum absolute atomic E-state index is 12.8. The number of hydrogen-bond donors (Lipinski definition) is 7. The number of ether oxygens (including phenoxy) is 4. The molecule has 9 heterocycles. The first-order valence-electron chi connectivity index (χ1n) is 26.4. The Labute approximate surface area is 485 Å². The van der Waals surface area contributed by atoms with E-state index in [2.05, 4.69) is 69.1 Å². The number of esters is 2. The number of piperazine rings is 1. The molecule has 0 aliphatic carbocycles. The van der Waals surface area contributed by atoms with Crippen molar-refractivity contribution in [3.63, 3.8) is 0 Å². The van der Waals surface area contributed by atoms with Crippen LogP contribution in [0, 0.1) is 37.5 Å². The lowest BCUT2D eigenvalue weighted by Gasteiger charge is -2.35. The average Bonchev–Trinajstić information content (AvgIpc) is 1.85. The first kappa shape index (κ1) is 61.6. The third-order valence-corrected chi connectivity index (χ3v) is 17.0. The van der Waals surface area contributed by atoms with E-state index in [0.29, 0.717) is 28.7 Å². The molecule has 6 aromatic heterocycles. The Bertz CT molecular complexity index is 3870. The summed E-state index contributed by atoms with van der Waals surface area (Å²) < 4.78 is 63.0. The number of aliphatic hydroxyl groups is 2. The number of carbonyl (C=O) groups excluding carboxylic acids is 2. The Morgan fingerprint density at radius 3 is 1.87 bits per heavy atom. The maximum Gasteiger partial charge on any atom is 0.339 e. The molecule has 0 bridgehead atoms. The Hall–Kier alpha value is -8.00. The number of nitrogens with two attached hydrogens (primary N) is 2. The standard InChI is InChI=1S/C27H31N8O8P.C25H33N8O7P/c1-15-31-6-7-35(15)44(39,40)42-14-21-20(36)12-22(43-21)34-13-16(23-24(34)32-27(28)33-25(23)37)5-4-8-41-26(38)17-9-18(29-2)11-19(10-17)30-3;1-16-27-6-7-33(16)41(36,37)39-14-20-19(34)11-21(40-20)32-12-17(22-23(26)28-15-29-24(22)32)5-4-10-38-25(35)18-13-30(2)8-9-31(18)3/h6-7,9-11,13,20-22,29-30,36H,8,12,14H2,1-3H3,(H,39,40)(H3,28,32,33,37);6-7,12,15,18-21,34H,8-11,13-14H2,1-3H3,(H,36,37)(H2,26,28,29)/p-2/t20?,21-,22-;18?,19?,20-,21-/m11/s1. The number of aryl methyl sites for hydroxylation is 2. The highest BCUT2D eigenvalue weighted by molar-refractivity contribution is 7.49. The summed E-state index contributed by atoms with van der Waals surface area (Å²) in [4.78, 5) is 90.0. The van der Waals surface area contributed by atoms with Gasteiger partial charge in [0.15, 0.2) is 18.9 Å². The number of benzene rings is 1. The Balaban J connectivity index is 0.000000204. The highest BCUT2D eigenvalue weighted by Crippen LogP contribution is 2.43. The number of nitrogens with one attached hydrogen (secondary N) is 3. The van der Waals surface area contributed by atoms with Crippen LogP contribution in [0.25, 0.3) is 22.1 Å². The largest absolute Gasteiger partial charge is 0.761 e. The number of rotatable bonds is 16. The summed E-state index contributed by atoms with van der Waals surface area (Å²) in [6.45, 7) is 4.04. The summed E-state index contributed by atoms with van der Waals surface area (Å²) in [5.74, 6) is 11.0. The lowest BCUT2D eigenvalue weighted by molar-refractivity contribution is -0.206. The van der Waals surface area contributed by atoms with Crippen molar-refractivity contribution in [3.05, 3.63) is 100 Å². The summed E-state index contributed by atoms with van der Waals surface area (Å²) in [6.07, 6.45) is 4.26. The fraction of sp³-hybridized carbons (Fsp3) is 0.423. The molecule has 85 heavy (non-hydrogen) atoms. The molecule has 3 aliphatic heterocycles. The number of H-pyrrole nitrogens is 1. The van der Waals surface area contributed by atoms with Crippen molar-refractivity contribution in [1.82, 2.24) is 57.5 Å². The van der Waals surface area contributed by atoms with Gasteiger partial charge in [-0.3, -0.25) is 37.3 Å². The van der Waals surface area contributed by atoms with Crippen LogP contribution in [0.15, 0.2) is 66.5 Å². The predicted octanol–water partition coefficient (Wildman–Crippen LogP) is 0.126.